The summed E-state index contributed by atoms with van der Waals surface area (Å²) in [5, 5.41) is 2.60. The summed E-state index contributed by atoms with van der Waals surface area (Å²) in [5.41, 5.74) is 8.52. The van der Waals surface area contributed by atoms with Crippen molar-refractivity contribution in [2.75, 3.05) is 0 Å². The van der Waals surface area contributed by atoms with Crippen molar-refractivity contribution >= 4 is 33.5 Å². The summed E-state index contributed by atoms with van der Waals surface area (Å²) in [6.45, 7) is 0. The number of furan rings is 1. The first kappa shape index (κ1) is 25.0. The molecule has 0 N–H and O–H groups in total. The minimum absolute atomic E-state index is 0.0645. The molecule has 6 aromatic rings. The number of halogens is 1. The van der Waals surface area contributed by atoms with Crippen LogP contribution in [-0.4, -0.2) is 15.0 Å². The van der Waals surface area contributed by atoms with Crippen LogP contribution in [0.1, 0.15) is 31.0 Å². The van der Waals surface area contributed by atoms with Crippen LogP contribution in [0.25, 0.3) is 55.8 Å². The van der Waals surface area contributed by atoms with E-state index in [9.17, 15) is 0 Å². The SMILES string of the molecule is Clc1ccc2c(c1)oc1cccc(-c3nc(-c4ccc(-c5ccccc5)cc4)nc(C4C=CC5=C(C=CCC5)C4)n3)c12. The van der Waals surface area contributed by atoms with Crippen LogP contribution in [0.3, 0.4) is 0 Å². The first-order valence-corrected chi connectivity index (χ1v) is 14.7. The second kappa shape index (κ2) is 10.2. The third kappa shape index (κ3) is 4.45. The van der Waals surface area contributed by atoms with Crippen LogP contribution < -0.4 is 0 Å². The fourth-order valence-electron chi connectivity index (χ4n) is 6.07. The van der Waals surface area contributed by atoms with E-state index in [4.69, 9.17) is 31.0 Å². The highest BCUT2D eigenvalue weighted by Gasteiger charge is 2.23. The molecule has 2 aromatic heterocycles. The van der Waals surface area contributed by atoms with Gasteiger partial charge in [-0.1, -0.05) is 103 Å². The molecule has 42 heavy (non-hydrogen) atoms. The molecule has 4 aromatic carbocycles. The second-order valence-electron chi connectivity index (χ2n) is 10.9. The van der Waals surface area contributed by atoms with Crippen LogP contribution in [0.2, 0.25) is 5.02 Å². The van der Waals surface area contributed by atoms with Crippen molar-refractivity contribution < 1.29 is 4.42 Å². The molecule has 0 aliphatic heterocycles. The van der Waals surface area contributed by atoms with Crippen LogP contribution in [0.15, 0.2) is 131 Å². The average Bonchev–Trinajstić information content (AvgIpc) is 3.42. The van der Waals surface area contributed by atoms with Crippen LogP contribution in [0.5, 0.6) is 0 Å². The summed E-state index contributed by atoms with van der Waals surface area (Å²) in [7, 11) is 0. The Balaban J connectivity index is 1.28. The number of allylic oxidation sites excluding steroid dienone is 6. The maximum atomic E-state index is 6.29. The van der Waals surface area contributed by atoms with Crippen molar-refractivity contribution in [2.24, 2.45) is 0 Å². The fourth-order valence-corrected chi connectivity index (χ4v) is 6.23. The van der Waals surface area contributed by atoms with Gasteiger partial charge in [0.2, 0.25) is 0 Å². The maximum Gasteiger partial charge on any atom is 0.164 e. The molecule has 0 saturated heterocycles. The van der Waals surface area contributed by atoms with E-state index in [2.05, 4.69) is 78.9 Å². The normalized spacial score (nSPS) is 16.4. The molecule has 2 heterocycles. The minimum Gasteiger partial charge on any atom is -0.456 e. The summed E-state index contributed by atoms with van der Waals surface area (Å²) in [6, 6.07) is 30.6. The van der Waals surface area contributed by atoms with E-state index < -0.39 is 0 Å². The van der Waals surface area contributed by atoms with Gasteiger partial charge < -0.3 is 4.42 Å². The molecule has 202 valence electrons. The number of fused-ring (bicyclic) bond motifs is 3. The van der Waals surface area contributed by atoms with Gasteiger partial charge in [0.1, 0.15) is 17.0 Å². The average molecular weight is 564 g/mol. The molecule has 0 bridgehead atoms. The molecular weight excluding hydrogens is 538 g/mol. The summed E-state index contributed by atoms with van der Waals surface area (Å²) in [4.78, 5) is 15.3. The highest BCUT2D eigenvalue weighted by atomic mass is 35.5. The summed E-state index contributed by atoms with van der Waals surface area (Å²) in [6.07, 6.45) is 12.1. The molecule has 2 aliphatic carbocycles. The Morgan fingerprint density at radius 3 is 2.38 bits per heavy atom. The van der Waals surface area contributed by atoms with E-state index in [1.807, 2.05) is 36.4 Å². The van der Waals surface area contributed by atoms with Gasteiger partial charge in [0.15, 0.2) is 11.6 Å². The molecule has 0 fully saturated rings. The lowest BCUT2D eigenvalue weighted by Gasteiger charge is -2.22. The number of hydrogen-bond donors (Lipinski definition) is 0. The number of benzene rings is 4. The van der Waals surface area contributed by atoms with Gasteiger partial charge in [-0.2, -0.15) is 0 Å². The van der Waals surface area contributed by atoms with Gasteiger partial charge >= 0.3 is 0 Å². The van der Waals surface area contributed by atoms with Crippen molar-refractivity contribution in [1.82, 2.24) is 15.0 Å². The third-order valence-corrected chi connectivity index (χ3v) is 8.45. The quantitative estimate of drug-likeness (QED) is 0.214. The smallest absolute Gasteiger partial charge is 0.164 e. The van der Waals surface area contributed by atoms with Crippen LogP contribution in [0, 0.1) is 0 Å². The van der Waals surface area contributed by atoms with E-state index >= 15 is 0 Å². The van der Waals surface area contributed by atoms with Crippen molar-refractivity contribution in [3.8, 4) is 33.9 Å². The maximum absolute atomic E-state index is 6.29. The van der Waals surface area contributed by atoms with Crippen molar-refractivity contribution in [3.63, 3.8) is 0 Å². The molecule has 0 radical (unpaired) electrons. The van der Waals surface area contributed by atoms with Gasteiger partial charge in [-0.05, 0) is 59.7 Å². The number of aromatic nitrogens is 3. The highest BCUT2D eigenvalue weighted by Crippen LogP contribution is 2.39. The molecule has 8 rings (SSSR count). The van der Waals surface area contributed by atoms with Crippen molar-refractivity contribution in [1.29, 1.82) is 0 Å². The van der Waals surface area contributed by atoms with E-state index in [-0.39, 0.29) is 5.92 Å². The van der Waals surface area contributed by atoms with Gasteiger partial charge in [0.05, 0.1) is 0 Å². The monoisotopic (exact) mass is 563 g/mol. The van der Waals surface area contributed by atoms with Crippen LogP contribution >= 0.6 is 11.6 Å². The zero-order valence-corrected chi connectivity index (χ0v) is 23.6. The Morgan fingerprint density at radius 1 is 0.690 bits per heavy atom. The van der Waals surface area contributed by atoms with Crippen LogP contribution in [-0.2, 0) is 0 Å². The Labute approximate surface area is 248 Å². The Bertz CT molecular complexity index is 2070. The predicted molar refractivity (Wildman–Crippen MR) is 170 cm³/mol. The van der Waals surface area contributed by atoms with E-state index in [0.29, 0.717) is 16.7 Å². The largest absolute Gasteiger partial charge is 0.456 e. The second-order valence-corrected chi connectivity index (χ2v) is 11.3. The lowest BCUT2D eigenvalue weighted by atomic mass is 9.84. The zero-order valence-electron chi connectivity index (χ0n) is 22.8. The highest BCUT2D eigenvalue weighted by molar-refractivity contribution is 6.31. The predicted octanol–water partition coefficient (Wildman–Crippen LogP) is 10.1. The fraction of sp³-hybridized carbons (Fsp3) is 0.108. The number of nitrogens with zero attached hydrogens (tertiary/aromatic N) is 3. The van der Waals surface area contributed by atoms with Gasteiger partial charge in [-0.25, -0.2) is 15.0 Å². The van der Waals surface area contributed by atoms with E-state index in [1.54, 1.807) is 0 Å². The van der Waals surface area contributed by atoms with E-state index in [1.165, 1.54) is 16.7 Å². The Hall–Kier alpha value is -4.80. The topological polar surface area (TPSA) is 51.8 Å². The molecule has 1 atom stereocenters. The van der Waals surface area contributed by atoms with Gasteiger partial charge in [0, 0.05) is 38.9 Å². The van der Waals surface area contributed by atoms with Gasteiger partial charge in [0.25, 0.3) is 0 Å². The number of rotatable bonds is 4. The third-order valence-electron chi connectivity index (χ3n) is 8.22. The molecule has 5 heteroatoms. The van der Waals surface area contributed by atoms with E-state index in [0.717, 1.165) is 63.7 Å². The molecular formula is C37H26ClN3O. The van der Waals surface area contributed by atoms with Gasteiger partial charge in [-0.15, -0.1) is 0 Å². The zero-order chi connectivity index (χ0) is 28.0. The lowest BCUT2D eigenvalue weighted by Crippen LogP contribution is -2.11. The minimum atomic E-state index is 0.0645. The molecule has 0 saturated carbocycles. The first-order valence-electron chi connectivity index (χ1n) is 14.3. The first-order chi connectivity index (χ1) is 20.7. The standard InChI is InChI=1S/C37H26ClN3O/c38-29-19-20-30-33(22-29)42-32-12-6-11-31(34(30)32)37-40-35(26-16-13-25(14-17-26)23-7-2-1-3-8-23)39-36(41-37)28-18-15-24-9-4-5-10-27(24)21-28/h1-3,5-8,10-20,22,28H,4,9,21H2. The molecule has 0 spiro atoms. The van der Waals surface area contributed by atoms with Crippen molar-refractivity contribution in [3.05, 3.63) is 137 Å². The summed E-state index contributed by atoms with van der Waals surface area (Å²) < 4.78 is 6.19. The Morgan fingerprint density at radius 2 is 1.50 bits per heavy atom. The van der Waals surface area contributed by atoms with Crippen molar-refractivity contribution in [2.45, 2.75) is 25.2 Å². The molecule has 4 nitrogen and oxygen atoms in total. The molecule has 1 unspecified atom stereocenters. The van der Waals surface area contributed by atoms with Gasteiger partial charge in [-0.3, -0.25) is 0 Å². The lowest BCUT2D eigenvalue weighted by molar-refractivity contribution is 0.669. The number of hydrogen-bond acceptors (Lipinski definition) is 4. The molecule has 2 aliphatic rings. The molecule has 0 amide bonds. The van der Waals surface area contributed by atoms with Crippen LogP contribution in [0.4, 0.5) is 0 Å². The summed E-state index contributed by atoms with van der Waals surface area (Å²) >= 11 is 6.29. The Kier molecular flexibility index (Phi) is 6.08. The summed E-state index contributed by atoms with van der Waals surface area (Å²) in [5.74, 6) is 2.14.